The van der Waals surface area contributed by atoms with E-state index < -0.39 is 0 Å². The standard InChI is InChI=1S/C21H26N4OS/c1-12-7-5-6-8-25(12)19-18-17(22-11-23-19)16-14-9-21(3,4)26-10-15(14)13(2)24-20(16)27-18/h11-12H,5-10H2,1-4H3. The molecule has 5 rings (SSSR count). The summed E-state index contributed by atoms with van der Waals surface area (Å²) in [6, 6.07) is 0.526. The zero-order chi connectivity index (χ0) is 18.8. The highest BCUT2D eigenvalue weighted by Crippen LogP contribution is 2.43. The first-order valence-corrected chi connectivity index (χ1v) is 10.7. The summed E-state index contributed by atoms with van der Waals surface area (Å²) in [5.74, 6) is 1.09. The third-order valence-corrected chi connectivity index (χ3v) is 7.16. The quantitative estimate of drug-likeness (QED) is 0.606. The summed E-state index contributed by atoms with van der Waals surface area (Å²) >= 11 is 1.75. The molecule has 0 saturated carbocycles. The van der Waals surface area contributed by atoms with Gasteiger partial charge in [0, 0.05) is 35.7 Å². The summed E-state index contributed by atoms with van der Waals surface area (Å²) in [7, 11) is 0. The Morgan fingerprint density at radius 1 is 1.22 bits per heavy atom. The van der Waals surface area contributed by atoms with E-state index in [1.807, 2.05) is 0 Å². The van der Waals surface area contributed by atoms with Gasteiger partial charge in [-0.1, -0.05) is 0 Å². The van der Waals surface area contributed by atoms with Gasteiger partial charge in [-0.15, -0.1) is 11.3 Å². The molecule has 2 aliphatic rings. The lowest BCUT2D eigenvalue weighted by Crippen LogP contribution is -2.38. The second-order valence-corrected chi connectivity index (χ2v) is 9.57. The Morgan fingerprint density at radius 3 is 2.89 bits per heavy atom. The molecule has 0 bridgehead atoms. The van der Waals surface area contributed by atoms with Crippen molar-refractivity contribution >= 4 is 37.6 Å². The third kappa shape index (κ3) is 2.72. The molecule has 0 spiro atoms. The zero-order valence-corrected chi connectivity index (χ0v) is 17.3. The molecule has 1 fully saturated rings. The van der Waals surface area contributed by atoms with Gasteiger partial charge in [-0.25, -0.2) is 15.0 Å². The number of piperidine rings is 1. The van der Waals surface area contributed by atoms with Gasteiger partial charge in [0.2, 0.25) is 0 Å². The van der Waals surface area contributed by atoms with Crippen molar-refractivity contribution in [2.75, 3.05) is 11.4 Å². The number of aromatic nitrogens is 3. The van der Waals surface area contributed by atoms with Gasteiger partial charge < -0.3 is 9.64 Å². The van der Waals surface area contributed by atoms with E-state index >= 15 is 0 Å². The molecule has 5 nitrogen and oxygen atoms in total. The molecular formula is C21H26N4OS. The minimum atomic E-state index is -0.154. The van der Waals surface area contributed by atoms with Crippen LogP contribution in [0.1, 0.15) is 56.9 Å². The van der Waals surface area contributed by atoms with Crippen LogP contribution in [0.15, 0.2) is 6.33 Å². The summed E-state index contributed by atoms with van der Waals surface area (Å²) in [6.45, 7) is 10.5. The molecule has 0 N–H and O–H groups in total. The Bertz CT molecular complexity index is 1040. The maximum Gasteiger partial charge on any atom is 0.150 e. The highest BCUT2D eigenvalue weighted by Gasteiger charge is 2.31. The van der Waals surface area contributed by atoms with E-state index in [1.165, 1.54) is 40.5 Å². The zero-order valence-electron chi connectivity index (χ0n) is 16.5. The normalized spacial score (nSPS) is 22.4. The number of ether oxygens (including phenoxy) is 1. The monoisotopic (exact) mass is 382 g/mol. The van der Waals surface area contributed by atoms with Crippen molar-refractivity contribution in [3.05, 3.63) is 23.1 Å². The van der Waals surface area contributed by atoms with Gasteiger partial charge >= 0.3 is 0 Å². The molecule has 2 aliphatic heterocycles. The van der Waals surface area contributed by atoms with Crippen LogP contribution in [-0.4, -0.2) is 33.1 Å². The van der Waals surface area contributed by atoms with Gasteiger partial charge in [-0.3, -0.25) is 0 Å². The highest BCUT2D eigenvalue weighted by atomic mass is 32.1. The fraction of sp³-hybridized carbons (Fsp3) is 0.571. The largest absolute Gasteiger partial charge is 0.370 e. The van der Waals surface area contributed by atoms with Crippen molar-refractivity contribution in [3.63, 3.8) is 0 Å². The highest BCUT2D eigenvalue weighted by molar-refractivity contribution is 7.26. The van der Waals surface area contributed by atoms with Crippen LogP contribution in [0.4, 0.5) is 5.82 Å². The number of nitrogens with zero attached hydrogens (tertiary/aromatic N) is 4. The smallest absolute Gasteiger partial charge is 0.150 e. The van der Waals surface area contributed by atoms with Gasteiger partial charge in [-0.05, 0) is 52.5 Å². The van der Waals surface area contributed by atoms with Crippen molar-refractivity contribution in [1.82, 2.24) is 15.0 Å². The molecule has 6 heteroatoms. The minimum absolute atomic E-state index is 0.154. The van der Waals surface area contributed by atoms with Crippen molar-refractivity contribution in [2.45, 2.75) is 71.6 Å². The maximum absolute atomic E-state index is 6.07. The Morgan fingerprint density at radius 2 is 2.07 bits per heavy atom. The van der Waals surface area contributed by atoms with E-state index in [-0.39, 0.29) is 5.60 Å². The van der Waals surface area contributed by atoms with Gasteiger partial charge in [0.25, 0.3) is 0 Å². The fourth-order valence-corrected chi connectivity index (χ4v) is 5.78. The van der Waals surface area contributed by atoms with Crippen LogP contribution in [0.5, 0.6) is 0 Å². The Balaban J connectivity index is 1.78. The summed E-state index contributed by atoms with van der Waals surface area (Å²) in [5, 5.41) is 1.22. The number of hydrogen-bond donors (Lipinski definition) is 0. The summed E-state index contributed by atoms with van der Waals surface area (Å²) < 4.78 is 7.25. The summed E-state index contributed by atoms with van der Waals surface area (Å²) in [4.78, 5) is 17.9. The topological polar surface area (TPSA) is 51.1 Å². The first kappa shape index (κ1) is 17.3. The molecule has 1 unspecified atom stereocenters. The SMILES string of the molecule is Cc1nc2sc3c(N4CCCCC4C)ncnc3c2c2c1COC(C)(C)C2. The molecule has 0 aliphatic carbocycles. The molecule has 0 radical (unpaired) electrons. The third-order valence-electron chi connectivity index (χ3n) is 6.09. The molecule has 0 aromatic carbocycles. The number of anilines is 1. The van der Waals surface area contributed by atoms with Crippen molar-refractivity contribution in [1.29, 1.82) is 0 Å². The number of fused-ring (bicyclic) bond motifs is 5. The molecule has 27 heavy (non-hydrogen) atoms. The number of thiophene rings is 1. The lowest BCUT2D eigenvalue weighted by atomic mass is 9.89. The van der Waals surface area contributed by atoms with Gasteiger partial charge in [0.1, 0.15) is 17.0 Å². The molecular weight excluding hydrogens is 356 g/mol. The number of hydrogen-bond acceptors (Lipinski definition) is 6. The van der Waals surface area contributed by atoms with Gasteiger partial charge in [0.05, 0.1) is 22.4 Å². The van der Waals surface area contributed by atoms with Crippen molar-refractivity contribution in [2.24, 2.45) is 0 Å². The van der Waals surface area contributed by atoms with E-state index in [2.05, 4.69) is 32.6 Å². The molecule has 3 aromatic heterocycles. The van der Waals surface area contributed by atoms with E-state index in [9.17, 15) is 0 Å². The van der Waals surface area contributed by atoms with E-state index in [4.69, 9.17) is 19.7 Å². The predicted octanol–water partition coefficient (Wildman–Crippen LogP) is 4.78. The van der Waals surface area contributed by atoms with Crippen LogP contribution in [0, 0.1) is 6.92 Å². The number of pyridine rings is 1. The van der Waals surface area contributed by atoms with E-state index in [0.717, 1.165) is 34.8 Å². The average molecular weight is 383 g/mol. The Hall–Kier alpha value is -1.79. The van der Waals surface area contributed by atoms with Crippen LogP contribution < -0.4 is 4.90 Å². The van der Waals surface area contributed by atoms with Crippen LogP contribution in [0.3, 0.4) is 0 Å². The average Bonchev–Trinajstić information content (AvgIpc) is 2.99. The Labute approximate surface area is 163 Å². The van der Waals surface area contributed by atoms with Crippen LogP contribution in [0.2, 0.25) is 0 Å². The van der Waals surface area contributed by atoms with Gasteiger partial charge in [0.15, 0.2) is 0 Å². The van der Waals surface area contributed by atoms with Crippen LogP contribution >= 0.6 is 11.3 Å². The lowest BCUT2D eigenvalue weighted by Gasteiger charge is -2.34. The predicted molar refractivity (Wildman–Crippen MR) is 111 cm³/mol. The summed E-state index contributed by atoms with van der Waals surface area (Å²) in [5.41, 5.74) is 4.61. The Kier molecular flexibility index (Phi) is 3.92. The van der Waals surface area contributed by atoms with Crippen LogP contribution in [-0.2, 0) is 17.8 Å². The molecule has 3 aromatic rings. The molecule has 142 valence electrons. The maximum atomic E-state index is 6.07. The minimum Gasteiger partial charge on any atom is -0.370 e. The van der Waals surface area contributed by atoms with Crippen molar-refractivity contribution < 1.29 is 4.74 Å². The molecule has 1 atom stereocenters. The second-order valence-electron chi connectivity index (χ2n) is 8.57. The molecule has 0 amide bonds. The second kappa shape index (κ2) is 6.11. The molecule has 1 saturated heterocycles. The number of aryl methyl sites for hydroxylation is 1. The first-order chi connectivity index (χ1) is 12.9. The first-order valence-electron chi connectivity index (χ1n) is 9.91. The van der Waals surface area contributed by atoms with Gasteiger partial charge in [-0.2, -0.15) is 0 Å². The van der Waals surface area contributed by atoms with E-state index in [0.29, 0.717) is 12.6 Å². The van der Waals surface area contributed by atoms with Crippen LogP contribution in [0.25, 0.3) is 20.4 Å². The fourth-order valence-electron chi connectivity index (χ4n) is 4.57. The lowest BCUT2D eigenvalue weighted by molar-refractivity contribution is -0.0400. The van der Waals surface area contributed by atoms with E-state index in [1.54, 1.807) is 17.7 Å². The summed E-state index contributed by atoms with van der Waals surface area (Å²) in [6.07, 6.45) is 6.41. The molecule has 5 heterocycles. The number of rotatable bonds is 1. The van der Waals surface area contributed by atoms with Crippen molar-refractivity contribution in [3.8, 4) is 0 Å².